The fourth-order valence-electron chi connectivity index (χ4n) is 3.04. The Hall–Kier alpha value is -3.22. The van der Waals surface area contributed by atoms with Crippen LogP contribution in [0, 0.1) is 0 Å². The van der Waals surface area contributed by atoms with E-state index >= 15 is 0 Å². The molecule has 0 unspecified atom stereocenters. The number of alkyl halides is 3. The molecule has 13 heteroatoms. The molecule has 0 aliphatic rings. The van der Waals surface area contributed by atoms with E-state index in [0.717, 1.165) is 22.8 Å². The Kier molecular flexibility index (Phi) is 4.87. The van der Waals surface area contributed by atoms with Gasteiger partial charge in [-0.3, -0.25) is 0 Å². The number of nitrogens with zero attached hydrogens (tertiary/aromatic N) is 6. The van der Waals surface area contributed by atoms with Crippen LogP contribution < -0.4 is 5.32 Å². The fraction of sp³-hybridized carbons (Fsp3) is 0.333. The van der Waals surface area contributed by atoms with Crippen molar-refractivity contribution < 1.29 is 21.6 Å². The molecular formula is C18H18F3N7O2S. The van der Waals surface area contributed by atoms with Gasteiger partial charge >= 0.3 is 6.18 Å². The number of fused-ring (bicyclic) bond motifs is 2. The summed E-state index contributed by atoms with van der Waals surface area (Å²) in [4.78, 5) is 8.48. The van der Waals surface area contributed by atoms with Crippen LogP contribution in [0.1, 0.15) is 26.3 Å². The minimum atomic E-state index is -4.56. The van der Waals surface area contributed by atoms with E-state index in [1.54, 1.807) is 6.07 Å². The van der Waals surface area contributed by atoms with Crippen molar-refractivity contribution in [3.8, 4) is 11.4 Å². The van der Waals surface area contributed by atoms with Gasteiger partial charge in [-0.15, -0.1) is 5.10 Å². The molecule has 0 spiro atoms. The van der Waals surface area contributed by atoms with Crippen molar-refractivity contribution in [2.75, 3.05) is 11.1 Å². The molecule has 0 aromatic carbocycles. The van der Waals surface area contributed by atoms with Gasteiger partial charge in [-0.25, -0.2) is 22.9 Å². The lowest BCUT2D eigenvalue weighted by Crippen LogP contribution is -2.13. The van der Waals surface area contributed by atoms with Gasteiger partial charge in [0.1, 0.15) is 11.4 Å². The second kappa shape index (κ2) is 7.18. The first-order valence-electron chi connectivity index (χ1n) is 9.32. The van der Waals surface area contributed by atoms with E-state index in [-0.39, 0.29) is 39.5 Å². The standard InChI is InChI=1S/C18H18F3N7O2S/c1-4-31(29,30)17-14(16-22-8-7-13(23-10(2)3)28(16)26-17)15-24-12-6-5-11(18(19,20)21)9-27(12)25-15/h5-10,23H,4H2,1-3H3. The van der Waals surface area contributed by atoms with E-state index in [0.29, 0.717) is 5.82 Å². The van der Waals surface area contributed by atoms with E-state index in [4.69, 9.17) is 0 Å². The molecule has 0 aliphatic carbocycles. The molecule has 4 aromatic rings. The van der Waals surface area contributed by atoms with Crippen molar-refractivity contribution in [1.82, 2.24) is 29.2 Å². The van der Waals surface area contributed by atoms with Gasteiger partial charge in [0.05, 0.1) is 11.3 Å². The number of aromatic nitrogens is 6. The van der Waals surface area contributed by atoms with Crippen LogP contribution in [0.3, 0.4) is 0 Å². The predicted molar refractivity (Wildman–Crippen MR) is 106 cm³/mol. The maximum atomic E-state index is 13.0. The quantitative estimate of drug-likeness (QED) is 0.495. The zero-order valence-electron chi connectivity index (χ0n) is 16.7. The van der Waals surface area contributed by atoms with Crippen LogP contribution in [0.15, 0.2) is 35.6 Å². The minimum Gasteiger partial charge on any atom is -0.368 e. The maximum absolute atomic E-state index is 13.0. The van der Waals surface area contributed by atoms with Crippen molar-refractivity contribution >= 4 is 26.9 Å². The Labute approximate surface area is 174 Å². The number of anilines is 1. The first kappa shape index (κ1) is 21.0. The van der Waals surface area contributed by atoms with Crippen LogP contribution in [0.4, 0.5) is 19.0 Å². The summed E-state index contributed by atoms with van der Waals surface area (Å²) in [5, 5.41) is 11.2. The number of rotatable bonds is 5. The number of pyridine rings is 1. The Balaban J connectivity index is 2.01. The average molecular weight is 453 g/mol. The third-order valence-electron chi connectivity index (χ3n) is 4.48. The topological polar surface area (TPSA) is 107 Å². The Morgan fingerprint density at radius 3 is 2.55 bits per heavy atom. The van der Waals surface area contributed by atoms with E-state index in [9.17, 15) is 21.6 Å². The smallest absolute Gasteiger partial charge is 0.368 e. The normalized spacial score (nSPS) is 12.9. The molecule has 0 radical (unpaired) electrons. The molecule has 0 fully saturated rings. The second-order valence-corrected chi connectivity index (χ2v) is 9.30. The summed E-state index contributed by atoms with van der Waals surface area (Å²) in [6.45, 7) is 5.28. The third-order valence-corrected chi connectivity index (χ3v) is 6.11. The highest BCUT2D eigenvalue weighted by Crippen LogP contribution is 2.32. The van der Waals surface area contributed by atoms with Crippen LogP contribution in [-0.2, 0) is 16.0 Å². The molecule has 164 valence electrons. The average Bonchev–Trinajstić information content (AvgIpc) is 3.28. The molecule has 0 saturated carbocycles. The van der Waals surface area contributed by atoms with Crippen LogP contribution in [0.25, 0.3) is 22.7 Å². The van der Waals surface area contributed by atoms with Gasteiger partial charge in [0.25, 0.3) is 0 Å². The predicted octanol–water partition coefficient (Wildman–Crippen LogP) is 3.07. The highest BCUT2D eigenvalue weighted by Gasteiger charge is 2.32. The van der Waals surface area contributed by atoms with Crippen molar-refractivity contribution in [1.29, 1.82) is 0 Å². The number of halogens is 3. The lowest BCUT2D eigenvalue weighted by molar-refractivity contribution is -0.137. The fourth-order valence-corrected chi connectivity index (χ4v) is 4.01. The summed E-state index contributed by atoms with van der Waals surface area (Å²) in [7, 11) is -3.82. The first-order valence-corrected chi connectivity index (χ1v) is 11.0. The highest BCUT2D eigenvalue weighted by atomic mass is 32.2. The zero-order valence-corrected chi connectivity index (χ0v) is 17.5. The van der Waals surface area contributed by atoms with Crippen molar-refractivity contribution in [2.24, 2.45) is 0 Å². The van der Waals surface area contributed by atoms with Gasteiger partial charge in [-0.1, -0.05) is 6.92 Å². The molecular weight excluding hydrogens is 435 g/mol. The molecule has 4 rings (SSSR count). The maximum Gasteiger partial charge on any atom is 0.417 e. The van der Waals surface area contributed by atoms with Crippen LogP contribution in [0.2, 0.25) is 0 Å². The lowest BCUT2D eigenvalue weighted by Gasteiger charge is -2.10. The zero-order chi connectivity index (χ0) is 22.6. The summed E-state index contributed by atoms with van der Waals surface area (Å²) in [6.07, 6.45) is -2.28. The van der Waals surface area contributed by atoms with E-state index in [1.165, 1.54) is 17.6 Å². The van der Waals surface area contributed by atoms with Gasteiger partial charge in [0.15, 0.2) is 32.0 Å². The monoisotopic (exact) mass is 453 g/mol. The van der Waals surface area contributed by atoms with Crippen molar-refractivity contribution in [3.63, 3.8) is 0 Å². The second-order valence-electron chi connectivity index (χ2n) is 7.10. The van der Waals surface area contributed by atoms with E-state index in [1.807, 2.05) is 13.8 Å². The highest BCUT2D eigenvalue weighted by molar-refractivity contribution is 7.91. The van der Waals surface area contributed by atoms with Gasteiger partial charge in [-0.2, -0.15) is 22.8 Å². The molecule has 0 amide bonds. The summed E-state index contributed by atoms with van der Waals surface area (Å²) in [5.41, 5.74) is -0.575. The molecule has 31 heavy (non-hydrogen) atoms. The molecule has 0 bridgehead atoms. The lowest BCUT2D eigenvalue weighted by atomic mass is 10.3. The van der Waals surface area contributed by atoms with E-state index in [2.05, 4.69) is 25.5 Å². The first-order chi connectivity index (χ1) is 14.5. The summed E-state index contributed by atoms with van der Waals surface area (Å²) >= 11 is 0. The molecule has 0 aliphatic heterocycles. The van der Waals surface area contributed by atoms with Gasteiger partial charge in [-0.05, 0) is 32.0 Å². The van der Waals surface area contributed by atoms with Crippen molar-refractivity contribution in [3.05, 3.63) is 36.2 Å². The third kappa shape index (κ3) is 3.69. The Morgan fingerprint density at radius 1 is 1.16 bits per heavy atom. The molecule has 4 aromatic heterocycles. The van der Waals surface area contributed by atoms with Gasteiger partial charge in [0, 0.05) is 18.4 Å². The minimum absolute atomic E-state index is 0.0265. The van der Waals surface area contributed by atoms with Crippen LogP contribution in [0.5, 0.6) is 0 Å². The van der Waals surface area contributed by atoms with Crippen LogP contribution in [-0.4, -0.2) is 49.4 Å². The number of hydrogen-bond donors (Lipinski definition) is 1. The van der Waals surface area contributed by atoms with Gasteiger partial charge < -0.3 is 5.32 Å². The Morgan fingerprint density at radius 2 is 1.90 bits per heavy atom. The molecule has 1 N–H and O–H groups in total. The SMILES string of the molecule is CCS(=O)(=O)c1nn2c(NC(C)C)ccnc2c1-c1nc2ccc(C(F)(F)F)cn2n1. The molecule has 4 heterocycles. The summed E-state index contributed by atoms with van der Waals surface area (Å²) in [5.74, 6) is 0.181. The van der Waals surface area contributed by atoms with Crippen molar-refractivity contribution in [2.45, 2.75) is 38.0 Å². The number of nitrogens with one attached hydrogen (secondary N) is 1. The molecule has 0 atom stereocenters. The molecule has 0 saturated heterocycles. The summed E-state index contributed by atoms with van der Waals surface area (Å²) < 4.78 is 67.0. The molecule has 9 nitrogen and oxygen atoms in total. The number of hydrogen-bond acceptors (Lipinski definition) is 7. The van der Waals surface area contributed by atoms with E-state index < -0.39 is 21.6 Å². The largest absolute Gasteiger partial charge is 0.417 e. The van der Waals surface area contributed by atoms with Gasteiger partial charge in [0.2, 0.25) is 0 Å². The number of sulfone groups is 1. The Bertz CT molecular complexity index is 1390. The summed E-state index contributed by atoms with van der Waals surface area (Å²) in [6, 6.07) is 3.71. The van der Waals surface area contributed by atoms with Crippen LogP contribution >= 0.6 is 0 Å².